The summed E-state index contributed by atoms with van der Waals surface area (Å²) in [6, 6.07) is 4.20. The van der Waals surface area contributed by atoms with Crippen LogP contribution in [0.5, 0.6) is 5.75 Å². The van der Waals surface area contributed by atoms with Crippen LogP contribution in [-0.2, 0) is 6.54 Å². The van der Waals surface area contributed by atoms with E-state index < -0.39 is 0 Å². The van der Waals surface area contributed by atoms with Crippen LogP contribution in [0.4, 0.5) is 0 Å². The molecule has 3 nitrogen and oxygen atoms in total. The quantitative estimate of drug-likeness (QED) is 0.697. The number of aliphatic hydroxyl groups is 1. The zero-order valence-corrected chi connectivity index (χ0v) is 15.5. The number of halogens is 2. The zero-order chi connectivity index (χ0) is 15.2. The standard InChI is InChI=1S/C16H23Br2NO2/c1-2-21-16-14(17)6-11(7-15(16)18)8-19-9-12-4-3-5-13(12)10-20/h6-7,12-13,19-20H,2-5,8-10H2,1H3. The van der Waals surface area contributed by atoms with E-state index in [1.165, 1.54) is 24.8 Å². The van der Waals surface area contributed by atoms with Crippen molar-refractivity contribution in [3.63, 3.8) is 0 Å². The molecule has 21 heavy (non-hydrogen) atoms. The molecular weight excluding hydrogens is 398 g/mol. The maximum Gasteiger partial charge on any atom is 0.147 e. The van der Waals surface area contributed by atoms with Crippen molar-refractivity contribution in [2.75, 3.05) is 19.8 Å². The fourth-order valence-corrected chi connectivity index (χ4v) is 4.53. The van der Waals surface area contributed by atoms with Gasteiger partial charge in [0.25, 0.3) is 0 Å². The summed E-state index contributed by atoms with van der Waals surface area (Å²) >= 11 is 7.12. The van der Waals surface area contributed by atoms with Gasteiger partial charge in [-0.2, -0.15) is 0 Å². The summed E-state index contributed by atoms with van der Waals surface area (Å²) < 4.78 is 7.55. The van der Waals surface area contributed by atoms with Crippen LogP contribution in [0.1, 0.15) is 31.7 Å². The molecule has 5 heteroatoms. The minimum Gasteiger partial charge on any atom is -0.492 e. The van der Waals surface area contributed by atoms with Crippen LogP contribution in [0, 0.1) is 11.8 Å². The van der Waals surface area contributed by atoms with E-state index in [0.29, 0.717) is 25.0 Å². The van der Waals surface area contributed by atoms with Crippen LogP contribution in [0.3, 0.4) is 0 Å². The number of benzene rings is 1. The summed E-state index contributed by atoms with van der Waals surface area (Å²) in [7, 11) is 0. The summed E-state index contributed by atoms with van der Waals surface area (Å²) in [5, 5.41) is 12.9. The Labute approximate surface area is 143 Å². The van der Waals surface area contributed by atoms with Crippen LogP contribution >= 0.6 is 31.9 Å². The van der Waals surface area contributed by atoms with Gasteiger partial charge in [-0.3, -0.25) is 0 Å². The topological polar surface area (TPSA) is 41.5 Å². The molecule has 1 saturated carbocycles. The number of nitrogens with one attached hydrogen (secondary N) is 1. The molecule has 2 atom stereocenters. The molecule has 1 fully saturated rings. The second-order valence-electron chi connectivity index (χ2n) is 5.59. The van der Waals surface area contributed by atoms with Crippen molar-refractivity contribution in [2.24, 2.45) is 11.8 Å². The van der Waals surface area contributed by atoms with Crippen LogP contribution in [0.15, 0.2) is 21.1 Å². The van der Waals surface area contributed by atoms with Crippen LogP contribution < -0.4 is 10.1 Å². The normalized spacial score (nSPS) is 21.7. The number of aliphatic hydroxyl groups excluding tert-OH is 1. The highest BCUT2D eigenvalue weighted by Crippen LogP contribution is 2.35. The van der Waals surface area contributed by atoms with Gasteiger partial charge in [0.15, 0.2) is 0 Å². The van der Waals surface area contributed by atoms with Crippen molar-refractivity contribution in [1.82, 2.24) is 5.32 Å². The second kappa shape index (κ2) is 8.51. The zero-order valence-electron chi connectivity index (χ0n) is 12.4. The third kappa shape index (κ3) is 4.68. The smallest absolute Gasteiger partial charge is 0.147 e. The van der Waals surface area contributed by atoms with E-state index in [2.05, 4.69) is 49.3 Å². The fourth-order valence-electron chi connectivity index (χ4n) is 3.02. The highest BCUT2D eigenvalue weighted by Gasteiger charge is 2.25. The highest BCUT2D eigenvalue weighted by atomic mass is 79.9. The molecule has 0 radical (unpaired) electrons. The summed E-state index contributed by atoms with van der Waals surface area (Å²) in [6.45, 7) is 4.77. The van der Waals surface area contributed by atoms with Gasteiger partial charge in [0.05, 0.1) is 15.6 Å². The third-order valence-corrected chi connectivity index (χ3v) is 5.31. The van der Waals surface area contributed by atoms with Gasteiger partial charge in [0.2, 0.25) is 0 Å². The van der Waals surface area contributed by atoms with Crippen molar-refractivity contribution < 1.29 is 9.84 Å². The Hall–Kier alpha value is -0.100. The Morgan fingerprint density at radius 3 is 2.52 bits per heavy atom. The molecule has 0 saturated heterocycles. The molecule has 1 aliphatic carbocycles. The van der Waals surface area contributed by atoms with Crippen LogP contribution in [0.2, 0.25) is 0 Å². The Morgan fingerprint density at radius 2 is 1.90 bits per heavy atom. The maximum absolute atomic E-state index is 9.35. The molecule has 0 spiro atoms. The maximum atomic E-state index is 9.35. The van der Waals surface area contributed by atoms with E-state index in [9.17, 15) is 5.11 Å². The highest BCUT2D eigenvalue weighted by molar-refractivity contribution is 9.11. The second-order valence-corrected chi connectivity index (χ2v) is 7.29. The first-order valence-electron chi connectivity index (χ1n) is 7.58. The number of hydrogen-bond donors (Lipinski definition) is 2. The molecule has 2 N–H and O–H groups in total. The third-order valence-electron chi connectivity index (χ3n) is 4.13. The van der Waals surface area contributed by atoms with E-state index in [1.54, 1.807) is 0 Å². The monoisotopic (exact) mass is 419 g/mol. The lowest BCUT2D eigenvalue weighted by atomic mass is 9.97. The van der Waals surface area contributed by atoms with Crippen LogP contribution in [-0.4, -0.2) is 24.9 Å². The van der Waals surface area contributed by atoms with E-state index >= 15 is 0 Å². The first kappa shape index (κ1) is 17.3. The van der Waals surface area contributed by atoms with Gasteiger partial charge in [-0.15, -0.1) is 0 Å². The molecular formula is C16H23Br2NO2. The van der Waals surface area contributed by atoms with Gasteiger partial charge in [-0.25, -0.2) is 0 Å². The summed E-state index contributed by atoms with van der Waals surface area (Å²) in [6.07, 6.45) is 3.65. The molecule has 1 aromatic rings. The molecule has 118 valence electrons. The predicted octanol–water partition coefficient (Wildman–Crippen LogP) is 4.11. The lowest BCUT2D eigenvalue weighted by Gasteiger charge is -2.18. The first-order valence-corrected chi connectivity index (χ1v) is 9.16. The SMILES string of the molecule is CCOc1c(Br)cc(CNCC2CCCC2CO)cc1Br. The van der Waals surface area contributed by atoms with E-state index in [1.807, 2.05) is 6.92 Å². The Kier molecular flexibility index (Phi) is 6.99. The van der Waals surface area contributed by atoms with Crippen molar-refractivity contribution in [1.29, 1.82) is 0 Å². The molecule has 2 unspecified atom stereocenters. The van der Waals surface area contributed by atoms with Gasteiger partial charge in [0, 0.05) is 13.2 Å². The summed E-state index contributed by atoms with van der Waals surface area (Å²) in [4.78, 5) is 0. The molecule has 1 aliphatic rings. The number of hydrogen-bond acceptors (Lipinski definition) is 3. The fraction of sp³-hybridized carbons (Fsp3) is 0.625. The van der Waals surface area contributed by atoms with Gasteiger partial charge in [0.1, 0.15) is 5.75 Å². The van der Waals surface area contributed by atoms with E-state index in [4.69, 9.17) is 4.74 Å². The van der Waals surface area contributed by atoms with E-state index in [0.717, 1.165) is 27.8 Å². The summed E-state index contributed by atoms with van der Waals surface area (Å²) in [5.41, 5.74) is 1.22. The van der Waals surface area contributed by atoms with Crippen molar-refractivity contribution in [3.8, 4) is 5.75 Å². The molecule has 0 amide bonds. The lowest BCUT2D eigenvalue weighted by Crippen LogP contribution is -2.26. The van der Waals surface area contributed by atoms with Crippen molar-refractivity contribution >= 4 is 31.9 Å². The minimum absolute atomic E-state index is 0.326. The van der Waals surface area contributed by atoms with Gasteiger partial charge in [-0.1, -0.05) is 6.42 Å². The Morgan fingerprint density at radius 1 is 1.24 bits per heavy atom. The lowest BCUT2D eigenvalue weighted by molar-refractivity contribution is 0.192. The largest absolute Gasteiger partial charge is 0.492 e. The average molecular weight is 421 g/mol. The molecule has 0 bridgehead atoms. The molecule has 0 heterocycles. The van der Waals surface area contributed by atoms with Crippen LogP contribution in [0.25, 0.3) is 0 Å². The van der Waals surface area contributed by atoms with E-state index in [-0.39, 0.29) is 0 Å². The van der Waals surface area contributed by atoms with Crippen molar-refractivity contribution in [2.45, 2.75) is 32.7 Å². The Bertz CT molecular complexity index is 445. The average Bonchev–Trinajstić information content (AvgIpc) is 2.90. The van der Waals surface area contributed by atoms with Gasteiger partial charge >= 0.3 is 0 Å². The predicted molar refractivity (Wildman–Crippen MR) is 92.6 cm³/mol. The summed E-state index contributed by atoms with van der Waals surface area (Å²) in [5.74, 6) is 1.96. The first-order chi connectivity index (χ1) is 10.2. The number of rotatable bonds is 7. The van der Waals surface area contributed by atoms with Gasteiger partial charge < -0.3 is 15.2 Å². The Balaban J connectivity index is 1.89. The minimum atomic E-state index is 0.326. The molecule has 1 aromatic carbocycles. The molecule has 2 rings (SSSR count). The van der Waals surface area contributed by atoms with Crippen molar-refractivity contribution in [3.05, 3.63) is 26.6 Å². The molecule has 0 aliphatic heterocycles. The number of ether oxygens (including phenoxy) is 1. The molecule has 0 aromatic heterocycles. The van der Waals surface area contributed by atoms with Gasteiger partial charge in [-0.05, 0) is 87.7 Å².